The lowest BCUT2D eigenvalue weighted by atomic mass is 10.0. The highest BCUT2D eigenvalue weighted by molar-refractivity contribution is 7.80. The van der Waals surface area contributed by atoms with E-state index in [1.165, 1.54) is 27.1 Å². The van der Waals surface area contributed by atoms with E-state index in [9.17, 15) is 9.59 Å². The minimum Gasteiger partial charge on any atom is -0.365 e. The Morgan fingerprint density at radius 3 is 2.85 bits per heavy atom. The summed E-state index contributed by atoms with van der Waals surface area (Å²) in [6, 6.07) is 0. The van der Waals surface area contributed by atoms with Gasteiger partial charge in [-0.2, -0.15) is 5.10 Å². The number of anilines is 1. The molecule has 0 aromatic carbocycles. The van der Waals surface area contributed by atoms with Crippen molar-refractivity contribution in [3.05, 3.63) is 32.9 Å². The van der Waals surface area contributed by atoms with Crippen LogP contribution in [0.4, 0.5) is 5.00 Å². The summed E-state index contributed by atoms with van der Waals surface area (Å²) < 4.78 is 1.36. The first-order valence-electron chi connectivity index (χ1n) is 8.39. The molecule has 1 aliphatic heterocycles. The molecule has 2 aromatic rings. The smallest absolute Gasteiger partial charge is 0.277 e. The number of carbonyl (C=O) groups is 2. The molecule has 3 heterocycles. The molecule has 0 radical (unpaired) electrons. The Labute approximate surface area is 170 Å². The maximum absolute atomic E-state index is 12.4. The molecule has 0 saturated heterocycles. The van der Waals surface area contributed by atoms with E-state index in [0.29, 0.717) is 10.6 Å². The fraction of sp³-hybridized carbons (Fsp3) is 0.375. The molecule has 2 amide bonds. The summed E-state index contributed by atoms with van der Waals surface area (Å²) in [5, 5.41) is 10.3. The van der Waals surface area contributed by atoms with Gasteiger partial charge in [-0.15, -0.1) is 11.3 Å². The van der Waals surface area contributed by atoms with Gasteiger partial charge >= 0.3 is 0 Å². The van der Waals surface area contributed by atoms with Crippen LogP contribution in [0.25, 0.3) is 0 Å². The summed E-state index contributed by atoms with van der Waals surface area (Å²) in [4.78, 5) is 27.0. The van der Waals surface area contributed by atoms with E-state index in [4.69, 9.17) is 29.6 Å². The second-order valence-electron chi connectivity index (χ2n) is 6.23. The number of nitrogens with two attached hydrogens (primary N) is 1. The van der Waals surface area contributed by atoms with Gasteiger partial charge in [0.25, 0.3) is 11.8 Å². The van der Waals surface area contributed by atoms with Crippen LogP contribution in [0.15, 0.2) is 6.20 Å². The lowest BCUT2D eigenvalue weighted by Crippen LogP contribution is -3.11. The third kappa shape index (κ3) is 3.98. The molecule has 1 atom stereocenters. The van der Waals surface area contributed by atoms with Gasteiger partial charge in [-0.3, -0.25) is 19.6 Å². The van der Waals surface area contributed by atoms with E-state index >= 15 is 0 Å². The number of hydrogen-bond donors (Lipinski definition) is 4. The quantitative estimate of drug-likeness (QED) is 0.526. The lowest BCUT2D eigenvalue weighted by Gasteiger charge is -2.22. The highest BCUT2D eigenvalue weighted by Crippen LogP contribution is 2.34. The van der Waals surface area contributed by atoms with Crippen molar-refractivity contribution in [1.82, 2.24) is 15.1 Å². The predicted molar refractivity (Wildman–Crippen MR) is 109 cm³/mol. The Hall–Kier alpha value is -2.01. The zero-order valence-electron chi connectivity index (χ0n) is 14.9. The lowest BCUT2D eigenvalue weighted by molar-refractivity contribution is -0.913. The summed E-state index contributed by atoms with van der Waals surface area (Å²) in [5.74, 6) is -0.986. The van der Waals surface area contributed by atoms with Crippen LogP contribution in [0.3, 0.4) is 0 Å². The normalized spacial score (nSPS) is 15.9. The van der Waals surface area contributed by atoms with Crippen LogP contribution >= 0.6 is 35.2 Å². The van der Waals surface area contributed by atoms with E-state index in [-0.39, 0.29) is 15.8 Å². The Bertz CT molecular complexity index is 903. The van der Waals surface area contributed by atoms with Crippen LogP contribution in [-0.4, -0.2) is 39.8 Å². The number of primary amides is 1. The van der Waals surface area contributed by atoms with Crippen LogP contribution < -0.4 is 21.3 Å². The van der Waals surface area contributed by atoms with Crippen LogP contribution in [-0.2, 0) is 20.0 Å². The minimum absolute atomic E-state index is 0.0676. The maximum Gasteiger partial charge on any atom is 0.277 e. The number of quaternary nitrogens is 1. The summed E-state index contributed by atoms with van der Waals surface area (Å²) in [6.07, 6.45) is 2.17. The van der Waals surface area contributed by atoms with Gasteiger partial charge in [-0.05, 0) is 24.7 Å². The number of fused-ring (bicyclic) bond motifs is 1. The average molecular weight is 428 g/mol. The first-order valence-corrected chi connectivity index (χ1v) is 9.99. The van der Waals surface area contributed by atoms with Crippen molar-refractivity contribution in [2.24, 2.45) is 12.8 Å². The summed E-state index contributed by atoms with van der Waals surface area (Å²) in [7, 11) is 1.61. The third-order valence-electron chi connectivity index (χ3n) is 4.54. The first-order chi connectivity index (χ1) is 12.8. The molecule has 0 spiro atoms. The van der Waals surface area contributed by atoms with Crippen molar-refractivity contribution in [3.8, 4) is 0 Å². The van der Waals surface area contributed by atoms with Crippen molar-refractivity contribution in [2.45, 2.75) is 19.9 Å². The van der Waals surface area contributed by atoms with Crippen LogP contribution in [0.5, 0.6) is 0 Å². The molecule has 0 fully saturated rings. The number of carbonyl (C=O) groups excluding carboxylic acids is 2. The number of thiophene rings is 1. The molecule has 27 heavy (non-hydrogen) atoms. The van der Waals surface area contributed by atoms with Crippen molar-refractivity contribution in [1.29, 1.82) is 0 Å². The van der Waals surface area contributed by atoms with Gasteiger partial charge in [-0.1, -0.05) is 11.6 Å². The van der Waals surface area contributed by atoms with E-state index in [0.717, 1.165) is 36.5 Å². The van der Waals surface area contributed by atoms with Crippen LogP contribution in [0.1, 0.15) is 38.2 Å². The van der Waals surface area contributed by atoms with Crippen molar-refractivity contribution in [2.75, 3.05) is 18.4 Å². The van der Waals surface area contributed by atoms with Crippen LogP contribution in [0, 0.1) is 0 Å². The number of amides is 2. The van der Waals surface area contributed by atoms with E-state index in [2.05, 4.69) is 22.7 Å². The van der Waals surface area contributed by atoms with E-state index < -0.39 is 11.8 Å². The van der Waals surface area contributed by atoms with Crippen LogP contribution in [0.2, 0.25) is 5.02 Å². The zero-order valence-corrected chi connectivity index (χ0v) is 17.3. The van der Waals surface area contributed by atoms with Gasteiger partial charge in [0.2, 0.25) is 0 Å². The number of nitrogens with one attached hydrogen (secondary N) is 3. The molecule has 144 valence electrons. The number of aryl methyl sites for hydroxylation is 1. The molecule has 11 heteroatoms. The third-order valence-corrected chi connectivity index (χ3v) is 6.17. The van der Waals surface area contributed by atoms with Gasteiger partial charge in [0.1, 0.15) is 17.2 Å². The number of aromatic nitrogens is 2. The highest BCUT2D eigenvalue weighted by Gasteiger charge is 2.29. The van der Waals surface area contributed by atoms with Gasteiger partial charge in [0.05, 0.1) is 34.7 Å². The first kappa shape index (κ1) is 19.7. The number of thiocarbonyl (C=S) groups is 1. The van der Waals surface area contributed by atoms with Gasteiger partial charge in [0, 0.05) is 13.5 Å². The Morgan fingerprint density at radius 1 is 1.52 bits per heavy atom. The number of halogens is 1. The number of rotatable bonds is 4. The average Bonchev–Trinajstić information content (AvgIpc) is 3.12. The molecule has 8 nitrogen and oxygen atoms in total. The summed E-state index contributed by atoms with van der Waals surface area (Å²) >= 11 is 12.7. The molecule has 2 aromatic heterocycles. The standard InChI is InChI=1S/C16H19ClN6O2S2/c1-3-23-5-4-8-10(7-23)27-15(11(8)13(18)24)21-16(26)20-14(25)12-9(17)6-19-22(12)2/h6H,3-5,7H2,1-2H3,(H2,18,24)(H2,20,21,25,26)/p+1. The number of nitrogens with zero attached hydrogens (tertiary/aromatic N) is 2. The zero-order chi connectivity index (χ0) is 19.7. The fourth-order valence-electron chi connectivity index (χ4n) is 3.15. The van der Waals surface area contributed by atoms with E-state index in [1.54, 1.807) is 7.05 Å². The van der Waals surface area contributed by atoms with Crippen molar-refractivity contribution >= 4 is 57.1 Å². The molecular formula is C16H20ClN6O2S2+. The SMILES string of the molecule is CC[NH+]1CCc2c(sc(NC(=S)NC(=O)c3c(Cl)cnn3C)c2C(N)=O)C1. The number of likely N-dealkylation sites (N-methyl/N-ethyl adjacent to an activating group) is 1. The second kappa shape index (κ2) is 7.93. The molecule has 0 saturated carbocycles. The van der Waals surface area contributed by atoms with E-state index in [1.807, 2.05) is 0 Å². The molecule has 3 rings (SSSR count). The highest BCUT2D eigenvalue weighted by atomic mass is 35.5. The molecule has 0 bridgehead atoms. The Kier molecular flexibility index (Phi) is 5.80. The van der Waals surface area contributed by atoms with Gasteiger partial charge < -0.3 is 16.0 Å². The van der Waals surface area contributed by atoms with Crippen molar-refractivity contribution < 1.29 is 14.5 Å². The second-order valence-corrected chi connectivity index (χ2v) is 8.15. The molecule has 1 aliphatic rings. The Balaban J connectivity index is 1.79. The molecule has 5 N–H and O–H groups in total. The maximum atomic E-state index is 12.4. The topological polar surface area (TPSA) is 106 Å². The summed E-state index contributed by atoms with van der Waals surface area (Å²) in [6.45, 7) is 4.96. The minimum atomic E-state index is -0.501. The molecule has 1 unspecified atom stereocenters. The number of hydrogen-bond acceptors (Lipinski definition) is 5. The Morgan fingerprint density at radius 2 is 2.26 bits per heavy atom. The molecule has 0 aliphatic carbocycles. The molecular weight excluding hydrogens is 408 g/mol. The largest absolute Gasteiger partial charge is 0.365 e. The summed E-state index contributed by atoms with van der Waals surface area (Å²) in [5.41, 5.74) is 7.24. The van der Waals surface area contributed by atoms with Crippen molar-refractivity contribution in [3.63, 3.8) is 0 Å². The van der Waals surface area contributed by atoms with Gasteiger partial charge in [-0.25, -0.2) is 0 Å². The predicted octanol–water partition coefficient (Wildman–Crippen LogP) is 0.322. The monoisotopic (exact) mass is 427 g/mol. The van der Waals surface area contributed by atoms with Gasteiger partial charge in [0.15, 0.2) is 5.11 Å². The fourth-order valence-corrected chi connectivity index (χ4v) is 4.99.